The van der Waals surface area contributed by atoms with E-state index in [1.807, 2.05) is 30.0 Å². The van der Waals surface area contributed by atoms with E-state index in [1.54, 1.807) is 19.2 Å². The van der Waals surface area contributed by atoms with Gasteiger partial charge in [-0.15, -0.1) is 11.3 Å². The minimum absolute atomic E-state index is 0.0733. The van der Waals surface area contributed by atoms with Crippen molar-refractivity contribution in [3.63, 3.8) is 0 Å². The zero-order valence-corrected chi connectivity index (χ0v) is 17.4. The second-order valence-electron chi connectivity index (χ2n) is 7.03. The molecular weight excluding hydrogens is 388 g/mol. The van der Waals surface area contributed by atoms with Crippen LogP contribution in [0.2, 0.25) is 0 Å². The maximum absolute atomic E-state index is 13.4. The molecule has 6 nitrogen and oxygen atoms in total. The number of carbonyl (C=O) groups excluding carboxylic acids is 2. The highest BCUT2D eigenvalue weighted by Gasteiger charge is 2.30. The Hall–Kier alpha value is -3.06. The van der Waals surface area contributed by atoms with E-state index in [2.05, 4.69) is 12.2 Å². The number of fused-ring (bicyclic) bond motifs is 1. The van der Waals surface area contributed by atoms with Gasteiger partial charge in [-0.25, -0.2) is 0 Å². The maximum Gasteiger partial charge on any atom is 0.291 e. The predicted octanol–water partition coefficient (Wildman–Crippen LogP) is 4.81. The number of ether oxygens (including phenoxy) is 1. The third kappa shape index (κ3) is 3.53. The van der Waals surface area contributed by atoms with Crippen molar-refractivity contribution in [3.8, 4) is 5.75 Å². The standard InChI is InChI=1S/C22H22N2O4S/c1-13-8-9-16(27-3)19-15(13)6-4-10-24(19)22(26)20-14(2)12-18(29-20)23-21(25)17-7-5-11-28-17/h5,7-9,11-12H,4,6,10H2,1-3H3,(H,23,25). The lowest BCUT2D eigenvalue weighted by Gasteiger charge is -2.31. The highest BCUT2D eigenvalue weighted by atomic mass is 32.1. The zero-order valence-electron chi connectivity index (χ0n) is 16.6. The van der Waals surface area contributed by atoms with Crippen LogP contribution in [0.4, 0.5) is 10.7 Å². The number of amides is 2. The molecule has 0 atom stereocenters. The second-order valence-corrected chi connectivity index (χ2v) is 8.08. The van der Waals surface area contributed by atoms with Crippen LogP contribution in [0.15, 0.2) is 41.0 Å². The van der Waals surface area contributed by atoms with Gasteiger partial charge in [0, 0.05) is 6.54 Å². The average Bonchev–Trinajstić information content (AvgIpc) is 3.37. The fourth-order valence-electron chi connectivity index (χ4n) is 3.68. The van der Waals surface area contributed by atoms with Crippen molar-refractivity contribution in [2.24, 2.45) is 0 Å². The van der Waals surface area contributed by atoms with Crippen molar-refractivity contribution in [1.29, 1.82) is 0 Å². The van der Waals surface area contributed by atoms with E-state index in [1.165, 1.54) is 17.6 Å². The highest BCUT2D eigenvalue weighted by molar-refractivity contribution is 7.18. The molecule has 0 saturated heterocycles. The monoisotopic (exact) mass is 410 g/mol. The number of benzene rings is 1. The summed E-state index contributed by atoms with van der Waals surface area (Å²) in [6.07, 6.45) is 3.28. The van der Waals surface area contributed by atoms with E-state index >= 15 is 0 Å². The van der Waals surface area contributed by atoms with Gasteiger partial charge in [-0.1, -0.05) is 6.07 Å². The van der Waals surface area contributed by atoms with Crippen LogP contribution < -0.4 is 15.0 Å². The van der Waals surface area contributed by atoms with Crippen LogP contribution in [0.3, 0.4) is 0 Å². The molecule has 0 saturated carbocycles. The number of nitrogens with zero attached hydrogens (tertiary/aromatic N) is 1. The fraction of sp³-hybridized carbons (Fsp3) is 0.273. The molecular formula is C22H22N2O4S. The van der Waals surface area contributed by atoms with Gasteiger partial charge in [0.1, 0.15) is 5.75 Å². The molecule has 0 spiro atoms. The largest absolute Gasteiger partial charge is 0.495 e. The SMILES string of the molecule is COc1ccc(C)c2c1N(C(=O)c1sc(NC(=O)c3ccco3)cc1C)CCC2. The Balaban J connectivity index is 1.64. The minimum Gasteiger partial charge on any atom is -0.495 e. The number of furan rings is 1. The first-order valence-corrected chi connectivity index (χ1v) is 10.2. The van der Waals surface area contributed by atoms with Gasteiger partial charge in [0.05, 0.1) is 28.9 Å². The first kappa shape index (κ1) is 19.3. The molecule has 0 fully saturated rings. The van der Waals surface area contributed by atoms with Crippen molar-refractivity contribution in [2.75, 3.05) is 23.9 Å². The smallest absolute Gasteiger partial charge is 0.291 e. The van der Waals surface area contributed by atoms with Gasteiger partial charge in [-0.05, 0) is 67.6 Å². The van der Waals surface area contributed by atoms with Crippen LogP contribution in [0.1, 0.15) is 43.3 Å². The number of aryl methyl sites for hydroxylation is 2. The van der Waals surface area contributed by atoms with Crippen molar-refractivity contribution >= 4 is 33.8 Å². The molecule has 2 aromatic heterocycles. The Labute approximate surface area is 173 Å². The van der Waals surface area contributed by atoms with Crippen molar-refractivity contribution in [3.05, 3.63) is 63.9 Å². The van der Waals surface area contributed by atoms with Crippen LogP contribution >= 0.6 is 11.3 Å². The summed E-state index contributed by atoms with van der Waals surface area (Å²) < 4.78 is 10.7. The van der Waals surface area contributed by atoms with Crippen molar-refractivity contribution in [1.82, 2.24) is 0 Å². The summed E-state index contributed by atoms with van der Waals surface area (Å²) in [6.45, 7) is 4.58. The molecule has 1 aromatic carbocycles. The summed E-state index contributed by atoms with van der Waals surface area (Å²) in [5.41, 5.74) is 4.00. The molecule has 4 rings (SSSR count). The number of methoxy groups -OCH3 is 1. The van der Waals surface area contributed by atoms with Crippen LogP contribution in [0.25, 0.3) is 0 Å². The van der Waals surface area contributed by atoms with E-state index in [4.69, 9.17) is 9.15 Å². The van der Waals surface area contributed by atoms with Gasteiger partial charge in [0.25, 0.3) is 11.8 Å². The lowest BCUT2D eigenvalue weighted by atomic mass is 9.96. The van der Waals surface area contributed by atoms with E-state index in [0.717, 1.165) is 35.2 Å². The number of nitrogens with one attached hydrogen (secondary N) is 1. The molecule has 7 heteroatoms. The van der Waals surface area contributed by atoms with Crippen LogP contribution in [-0.4, -0.2) is 25.5 Å². The van der Waals surface area contributed by atoms with Gasteiger partial charge in [0.2, 0.25) is 0 Å². The van der Waals surface area contributed by atoms with E-state index in [9.17, 15) is 9.59 Å². The van der Waals surface area contributed by atoms with Crippen molar-refractivity contribution < 1.29 is 18.7 Å². The summed E-state index contributed by atoms with van der Waals surface area (Å²) in [6, 6.07) is 9.02. The van der Waals surface area contributed by atoms with Crippen molar-refractivity contribution in [2.45, 2.75) is 26.7 Å². The minimum atomic E-state index is -0.337. The summed E-state index contributed by atoms with van der Waals surface area (Å²) >= 11 is 1.27. The number of hydrogen-bond donors (Lipinski definition) is 1. The van der Waals surface area contributed by atoms with E-state index in [-0.39, 0.29) is 17.6 Å². The van der Waals surface area contributed by atoms with Crippen LogP contribution in [0, 0.1) is 13.8 Å². The number of rotatable bonds is 4. The first-order chi connectivity index (χ1) is 14.0. The van der Waals surface area contributed by atoms with Gasteiger partial charge in [-0.2, -0.15) is 0 Å². The third-order valence-corrected chi connectivity index (χ3v) is 6.26. The molecule has 0 unspecified atom stereocenters. The Morgan fingerprint density at radius 2 is 2.03 bits per heavy atom. The Bertz CT molecular complexity index is 1070. The number of anilines is 2. The van der Waals surface area contributed by atoms with Gasteiger partial charge in [-0.3, -0.25) is 9.59 Å². The quantitative estimate of drug-likeness (QED) is 0.670. The predicted molar refractivity (Wildman–Crippen MR) is 113 cm³/mol. The zero-order chi connectivity index (χ0) is 20.5. The topological polar surface area (TPSA) is 71.8 Å². The number of thiophene rings is 1. The highest BCUT2D eigenvalue weighted by Crippen LogP contribution is 2.40. The van der Waals surface area contributed by atoms with Gasteiger partial charge < -0.3 is 19.4 Å². The third-order valence-electron chi connectivity index (χ3n) is 5.12. The molecule has 3 heterocycles. The molecule has 0 radical (unpaired) electrons. The first-order valence-electron chi connectivity index (χ1n) is 9.43. The van der Waals surface area contributed by atoms with E-state index < -0.39 is 0 Å². The summed E-state index contributed by atoms with van der Waals surface area (Å²) in [4.78, 5) is 28.1. The lowest BCUT2D eigenvalue weighted by molar-refractivity contribution is 0.0983. The van der Waals surface area contributed by atoms with Crippen LogP contribution in [-0.2, 0) is 6.42 Å². The molecule has 1 aliphatic heterocycles. The number of hydrogen-bond acceptors (Lipinski definition) is 5. The fourth-order valence-corrected chi connectivity index (χ4v) is 4.70. The maximum atomic E-state index is 13.4. The Kier molecular flexibility index (Phi) is 5.15. The summed E-state index contributed by atoms with van der Waals surface area (Å²) in [7, 11) is 1.63. The van der Waals surface area contributed by atoms with Gasteiger partial charge in [0.15, 0.2) is 5.76 Å². The Morgan fingerprint density at radius 1 is 1.21 bits per heavy atom. The molecule has 3 aromatic rings. The average molecular weight is 410 g/mol. The molecule has 150 valence electrons. The molecule has 0 aliphatic carbocycles. The van der Waals surface area contributed by atoms with Crippen LogP contribution in [0.5, 0.6) is 5.75 Å². The molecule has 0 bridgehead atoms. The summed E-state index contributed by atoms with van der Waals surface area (Å²) in [5, 5.41) is 3.42. The Morgan fingerprint density at radius 3 is 2.76 bits per heavy atom. The normalized spacial score (nSPS) is 13.1. The second kappa shape index (κ2) is 7.75. The van der Waals surface area contributed by atoms with Gasteiger partial charge >= 0.3 is 0 Å². The number of carbonyl (C=O) groups is 2. The summed E-state index contributed by atoms with van der Waals surface area (Å²) in [5.74, 6) is 0.528. The molecule has 2 amide bonds. The molecule has 1 aliphatic rings. The lowest BCUT2D eigenvalue weighted by Crippen LogP contribution is -2.36. The van der Waals surface area contributed by atoms with E-state index in [0.29, 0.717) is 22.2 Å². The molecule has 29 heavy (non-hydrogen) atoms. The molecule has 1 N–H and O–H groups in total.